The van der Waals surface area contributed by atoms with E-state index in [-0.39, 0.29) is 12.1 Å². The van der Waals surface area contributed by atoms with Crippen molar-refractivity contribution in [2.45, 2.75) is 38.3 Å². The number of hydrogen-bond acceptors (Lipinski definition) is 7. The Balaban J connectivity index is 1.68. The quantitative estimate of drug-likeness (QED) is 0.538. The van der Waals surface area contributed by atoms with Crippen molar-refractivity contribution in [3.8, 4) is 11.4 Å². The number of rotatable bonds is 5. The summed E-state index contributed by atoms with van der Waals surface area (Å²) in [7, 11) is 0. The van der Waals surface area contributed by atoms with E-state index in [1.165, 1.54) is 6.07 Å². The van der Waals surface area contributed by atoms with E-state index in [1.807, 2.05) is 32.9 Å². The lowest BCUT2D eigenvalue weighted by Gasteiger charge is -2.30. The van der Waals surface area contributed by atoms with Crippen LogP contribution in [-0.2, 0) is 10.3 Å². The molecular weight excluding hydrogens is 424 g/mol. The van der Waals surface area contributed by atoms with Gasteiger partial charge in [-0.15, -0.1) is 10.2 Å². The number of aromatic nitrogens is 4. The maximum atomic E-state index is 12.7. The summed E-state index contributed by atoms with van der Waals surface area (Å²) in [6.07, 6.45) is 3.44. The van der Waals surface area contributed by atoms with Crippen LogP contribution in [0.5, 0.6) is 0 Å². The van der Waals surface area contributed by atoms with Gasteiger partial charge in [-0.1, -0.05) is 6.07 Å². The van der Waals surface area contributed by atoms with Crippen molar-refractivity contribution in [1.29, 1.82) is 0 Å². The van der Waals surface area contributed by atoms with E-state index in [9.17, 15) is 14.7 Å². The zero-order valence-corrected chi connectivity index (χ0v) is 18.7. The zero-order valence-electron chi connectivity index (χ0n) is 18.7. The number of aromatic carboxylic acids is 1. The fourth-order valence-electron chi connectivity index (χ4n) is 3.77. The summed E-state index contributed by atoms with van der Waals surface area (Å²) >= 11 is 0. The molecule has 33 heavy (non-hydrogen) atoms. The minimum absolute atomic E-state index is 0.159. The van der Waals surface area contributed by atoms with Crippen LogP contribution in [0, 0.1) is 0 Å². The van der Waals surface area contributed by atoms with Crippen LogP contribution in [0.15, 0.2) is 48.8 Å². The Morgan fingerprint density at radius 3 is 2.64 bits per heavy atom. The van der Waals surface area contributed by atoms with E-state index in [2.05, 4.69) is 25.5 Å². The fourth-order valence-corrected chi connectivity index (χ4v) is 3.77. The van der Waals surface area contributed by atoms with Crippen LogP contribution >= 0.6 is 0 Å². The molecule has 3 aromatic rings. The number of benzene rings is 1. The van der Waals surface area contributed by atoms with Gasteiger partial charge in [-0.2, -0.15) is 0 Å². The van der Waals surface area contributed by atoms with Gasteiger partial charge in [0, 0.05) is 30.2 Å². The SMILES string of the molecule is CC(C)(C)OC(=O)N1CCC(Nc2cccc(C(=O)O)c2)(c2nnc(-c3ccncc3)[nH]2)C1. The van der Waals surface area contributed by atoms with Crippen LogP contribution in [0.2, 0.25) is 0 Å². The number of ether oxygens (including phenoxy) is 1. The Bertz CT molecular complexity index is 1160. The van der Waals surface area contributed by atoms with Crippen LogP contribution < -0.4 is 5.32 Å². The Morgan fingerprint density at radius 1 is 1.18 bits per heavy atom. The van der Waals surface area contributed by atoms with E-state index in [1.54, 1.807) is 35.5 Å². The van der Waals surface area contributed by atoms with Gasteiger partial charge in [-0.05, 0) is 57.5 Å². The Labute approximate surface area is 191 Å². The second kappa shape index (κ2) is 8.53. The Kier molecular flexibility index (Phi) is 5.75. The van der Waals surface area contributed by atoms with Crippen LogP contribution in [0.3, 0.4) is 0 Å². The molecule has 1 amide bonds. The van der Waals surface area contributed by atoms with Crippen molar-refractivity contribution in [2.75, 3.05) is 18.4 Å². The first-order valence-electron chi connectivity index (χ1n) is 10.6. The lowest BCUT2D eigenvalue weighted by Crippen LogP contribution is -2.42. The highest BCUT2D eigenvalue weighted by Gasteiger charge is 2.45. The van der Waals surface area contributed by atoms with Crippen molar-refractivity contribution >= 4 is 17.7 Å². The highest BCUT2D eigenvalue weighted by molar-refractivity contribution is 5.88. The molecule has 1 unspecified atom stereocenters. The number of anilines is 1. The molecular formula is C23H26N6O4. The van der Waals surface area contributed by atoms with Gasteiger partial charge in [0.15, 0.2) is 11.6 Å². The van der Waals surface area contributed by atoms with Gasteiger partial charge in [0.25, 0.3) is 0 Å². The zero-order chi connectivity index (χ0) is 23.6. The Morgan fingerprint density at radius 2 is 1.94 bits per heavy atom. The monoisotopic (exact) mass is 450 g/mol. The molecule has 0 aliphatic carbocycles. The molecule has 1 aliphatic rings. The topological polar surface area (TPSA) is 133 Å². The van der Waals surface area contributed by atoms with E-state index in [4.69, 9.17) is 4.74 Å². The number of nitrogens with zero attached hydrogens (tertiary/aromatic N) is 4. The average Bonchev–Trinajstić information content (AvgIpc) is 3.42. The maximum Gasteiger partial charge on any atom is 0.410 e. The summed E-state index contributed by atoms with van der Waals surface area (Å²) in [5.41, 5.74) is 0.155. The standard InChI is InChI=1S/C23H26N6O4/c1-22(2,3)33-21(32)29-12-9-23(14-29,26-17-6-4-5-16(13-17)19(30)31)20-25-18(27-28-20)15-7-10-24-11-8-15/h4-8,10-11,13,26H,9,12,14H2,1-3H3,(H,30,31)(H,25,27,28). The molecule has 1 saturated heterocycles. The summed E-state index contributed by atoms with van der Waals surface area (Å²) in [4.78, 5) is 33.1. The van der Waals surface area contributed by atoms with E-state index < -0.39 is 23.2 Å². The molecule has 0 bridgehead atoms. The molecule has 1 fully saturated rings. The number of nitrogens with one attached hydrogen (secondary N) is 2. The Hall–Kier alpha value is -3.95. The first-order valence-corrected chi connectivity index (χ1v) is 10.6. The van der Waals surface area contributed by atoms with Gasteiger partial charge in [0.1, 0.15) is 11.1 Å². The number of aromatic amines is 1. The molecule has 10 heteroatoms. The lowest BCUT2D eigenvalue weighted by molar-refractivity contribution is 0.0285. The molecule has 4 rings (SSSR count). The minimum atomic E-state index is -1.02. The molecule has 1 atom stereocenters. The van der Waals surface area contributed by atoms with Crippen LogP contribution in [-0.4, -0.2) is 60.9 Å². The highest BCUT2D eigenvalue weighted by atomic mass is 16.6. The van der Waals surface area contributed by atoms with Crippen molar-refractivity contribution < 1.29 is 19.4 Å². The van der Waals surface area contributed by atoms with Gasteiger partial charge in [-0.3, -0.25) is 4.98 Å². The smallest absolute Gasteiger partial charge is 0.410 e. The predicted molar refractivity (Wildman–Crippen MR) is 121 cm³/mol. The van der Waals surface area contributed by atoms with E-state index in [0.29, 0.717) is 30.3 Å². The molecule has 1 aliphatic heterocycles. The number of amides is 1. The van der Waals surface area contributed by atoms with Crippen LogP contribution in [0.1, 0.15) is 43.4 Å². The van der Waals surface area contributed by atoms with Gasteiger partial charge in [-0.25, -0.2) is 9.59 Å². The van der Waals surface area contributed by atoms with Gasteiger partial charge < -0.3 is 25.0 Å². The van der Waals surface area contributed by atoms with Crippen molar-refractivity contribution in [3.05, 3.63) is 60.2 Å². The molecule has 10 nitrogen and oxygen atoms in total. The number of H-pyrrole nitrogens is 1. The number of carboxylic acid groups (broad SMARTS) is 1. The molecule has 0 spiro atoms. The van der Waals surface area contributed by atoms with Crippen LogP contribution in [0.25, 0.3) is 11.4 Å². The third-order valence-corrected chi connectivity index (χ3v) is 5.31. The number of carbonyl (C=O) groups is 2. The molecule has 3 heterocycles. The molecule has 172 valence electrons. The van der Waals surface area contributed by atoms with E-state index >= 15 is 0 Å². The number of likely N-dealkylation sites (tertiary alicyclic amines) is 1. The average molecular weight is 450 g/mol. The van der Waals surface area contributed by atoms with Gasteiger partial charge in [0.05, 0.1) is 12.1 Å². The van der Waals surface area contributed by atoms with Crippen molar-refractivity contribution in [3.63, 3.8) is 0 Å². The first kappa shape index (κ1) is 22.3. The summed E-state index contributed by atoms with van der Waals surface area (Å²) in [6, 6.07) is 10.2. The summed E-state index contributed by atoms with van der Waals surface area (Å²) in [6.45, 7) is 6.17. The van der Waals surface area contributed by atoms with Crippen molar-refractivity contribution in [1.82, 2.24) is 25.1 Å². The summed E-state index contributed by atoms with van der Waals surface area (Å²) in [5.74, 6) is 0.0961. The molecule has 2 aromatic heterocycles. The third-order valence-electron chi connectivity index (χ3n) is 5.31. The second-order valence-corrected chi connectivity index (χ2v) is 9.00. The second-order valence-electron chi connectivity index (χ2n) is 9.00. The normalized spacial score (nSPS) is 18.2. The van der Waals surface area contributed by atoms with Gasteiger partial charge >= 0.3 is 12.1 Å². The number of pyridine rings is 1. The summed E-state index contributed by atoms with van der Waals surface area (Å²) < 4.78 is 5.55. The first-order chi connectivity index (χ1) is 15.7. The molecule has 0 saturated carbocycles. The van der Waals surface area contributed by atoms with Crippen molar-refractivity contribution in [2.24, 2.45) is 0 Å². The largest absolute Gasteiger partial charge is 0.478 e. The maximum absolute atomic E-state index is 12.7. The molecule has 0 radical (unpaired) electrons. The number of hydrogen-bond donors (Lipinski definition) is 3. The highest BCUT2D eigenvalue weighted by Crippen LogP contribution is 2.35. The fraction of sp³-hybridized carbons (Fsp3) is 0.348. The lowest BCUT2D eigenvalue weighted by atomic mass is 9.96. The van der Waals surface area contributed by atoms with Crippen LogP contribution in [0.4, 0.5) is 10.5 Å². The molecule has 1 aromatic carbocycles. The number of carbonyl (C=O) groups excluding carboxylic acids is 1. The number of carboxylic acids is 1. The molecule has 3 N–H and O–H groups in total. The van der Waals surface area contributed by atoms with Gasteiger partial charge in [0.2, 0.25) is 0 Å². The minimum Gasteiger partial charge on any atom is -0.478 e. The predicted octanol–water partition coefficient (Wildman–Crippen LogP) is 3.51. The third kappa shape index (κ3) is 4.94. The van der Waals surface area contributed by atoms with E-state index in [0.717, 1.165) is 5.56 Å². The summed E-state index contributed by atoms with van der Waals surface area (Å²) in [5, 5.41) is 21.5.